The standard InChI is InChI=1S/C17H16N4O3/c1-24-15-7-2-4-12(18-15)10-20-13-5-3-6-14(21(22)23)16(13)17(19-20)11-8-9-11/h2-7,11H,8-10H2,1H3. The second-order valence-corrected chi connectivity index (χ2v) is 5.92. The lowest BCUT2D eigenvalue weighted by Gasteiger charge is -2.05. The van der Waals surface area contributed by atoms with Crippen molar-refractivity contribution in [2.24, 2.45) is 0 Å². The zero-order valence-corrected chi connectivity index (χ0v) is 13.2. The molecule has 0 N–H and O–H groups in total. The molecule has 1 saturated carbocycles. The predicted octanol–water partition coefficient (Wildman–Crippen LogP) is 3.27. The molecule has 0 amide bonds. The van der Waals surface area contributed by atoms with Gasteiger partial charge in [0.15, 0.2) is 0 Å². The summed E-state index contributed by atoms with van der Waals surface area (Å²) in [6.45, 7) is 0.446. The molecule has 0 spiro atoms. The summed E-state index contributed by atoms with van der Waals surface area (Å²) in [6, 6.07) is 10.7. The van der Waals surface area contributed by atoms with Crippen molar-refractivity contribution in [1.29, 1.82) is 0 Å². The number of methoxy groups -OCH3 is 1. The Morgan fingerprint density at radius 2 is 2.08 bits per heavy atom. The maximum absolute atomic E-state index is 11.4. The number of non-ortho nitro benzene ring substituents is 1. The molecule has 1 fully saturated rings. The molecule has 0 aliphatic heterocycles. The van der Waals surface area contributed by atoms with Gasteiger partial charge in [-0.3, -0.25) is 14.8 Å². The van der Waals surface area contributed by atoms with E-state index in [1.165, 1.54) is 0 Å². The molecule has 3 aromatic rings. The topological polar surface area (TPSA) is 83.1 Å². The van der Waals surface area contributed by atoms with Crippen molar-refractivity contribution in [3.63, 3.8) is 0 Å². The molecular formula is C17H16N4O3. The molecule has 1 aliphatic carbocycles. The summed E-state index contributed by atoms with van der Waals surface area (Å²) < 4.78 is 6.96. The first-order valence-corrected chi connectivity index (χ1v) is 7.81. The normalized spacial score (nSPS) is 14.0. The van der Waals surface area contributed by atoms with E-state index in [0.29, 0.717) is 23.7 Å². The van der Waals surface area contributed by atoms with E-state index in [4.69, 9.17) is 4.74 Å². The highest BCUT2D eigenvalue weighted by molar-refractivity contribution is 5.91. The fraction of sp³-hybridized carbons (Fsp3) is 0.294. The summed E-state index contributed by atoms with van der Waals surface area (Å²) in [6.07, 6.45) is 2.07. The van der Waals surface area contributed by atoms with Crippen molar-refractivity contribution in [1.82, 2.24) is 14.8 Å². The first kappa shape index (κ1) is 14.6. The molecular weight excluding hydrogens is 308 g/mol. The van der Waals surface area contributed by atoms with E-state index in [1.807, 2.05) is 18.2 Å². The first-order valence-electron chi connectivity index (χ1n) is 7.81. The molecule has 0 saturated heterocycles. The predicted molar refractivity (Wildman–Crippen MR) is 88.3 cm³/mol. The van der Waals surface area contributed by atoms with E-state index >= 15 is 0 Å². The van der Waals surface area contributed by atoms with Crippen molar-refractivity contribution in [3.05, 3.63) is 57.9 Å². The second kappa shape index (κ2) is 5.59. The second-order valence-electron chi connectivity index (χ2n) is 5.92. The Labute approximate surface area is 138 Å². The minimum atomic E-state index is -0.329. The van der Waals surface area contributed by atoms with E-state index in [0.717, 1.165) is 29.7 Å². The van der Waals surface area contributed by atoms with Crippen LogP contribution >= 0.6 is 0 Å². The fourth-order valence-electron chi connectivity index (χ4n) is 2.97. The maximum atomic E-state index is 11.4. The largest absolute Gasteiger partial charge is 0.481 e. The third-order valence-electron chi connectivity index (χ3n) is 4.25. The summed E-state index contributed by atoms with van der Waals surface area (Å²) >= 11 is 0. The molecule has 24 heavy (non-hydrogen) atoms. The number of rotatable bonds is 5. The van der Waals surface area contributed by atoms with Gasteiger partial charge in [-0.1, -0.05) is 12.1 Å². The SMILES string of the molecule is COc1cccc(Cn2nc(C3CC3)c3c([N+](=O)[O-])cccc32)n1. The molecule has 0 radical (unpaired) electrons. The Balaban J connectivity index is 1.83. The average molecular weight is 324 g/mol. The van der Waals surface area contributed by atoms with Crippen molar-refractivity contribution < 1.29 is 9.66 Å². The van der Waals surface area contributed by atoms with Crippen LogP contribution in [-0.2, 0) is 6.54 Å². The average Bonchev–Trinajstić information content (AvgIpc) is 3.38. The van der Waals surface area contributed by atoms with Gasteiger partial charge >= 0.3 is 0 Å². The maximum Gasteiger partial charge on any atom is 0.280 e. The number of ether oxygens (including phenoxy) is 1. The summed E-state index contributed by atoms with van der Waals surface area (Å²) in [5.41, 5.74) is 2.53. The Morgan fingerprint density at radius 1 is 1.29 bits per heavy atom. The summed E-state index contributed by atoms with van der Waals surface area (Å²) in [5, 5.41) is 16.7. The highest BCUT2D eigenvalue weighted by Crippen LogP contribution is 2.44. The number of aromatic nitrogens is 3. The van der Waals surface area contributed by atoms with Gasteiger partial charge in [0.25, 0.3) is 5.69 Å². The van der Waals surface area contributed by atoms with Gasteiger partial charge in [-0.05, 0) is 25.0 Å². The minimum absolute atomic E-state index is 0.124. The van der Waals surface area contributed by atoms with Crippen LogP contribution in [0.5, 0.6) is 5.88 Å². The van der Waals surface area contributed by atoms with Crippen LogP contribution in [0.2, 0.25) is 0 Å². The summed E-state index contributed by atoms with van der Waals surface area (Å²) in [4.78, 5) is 15.5. The van der Waals surface area contributed by atoms with Gasteiger partial charge in [-0.2, -0.15) is 5.10 Å². The zero-order chi connectivity index (χ0) is 16.7. The molecule has 2 aromatic heterocycles. The molecule has 7 heteroatoms. The van der Waals surface area contributed by atoms with Crippen LogP contribution in [0.4, 0.5) is 5.69 Å². The molecule has 2 heterocycles. The van der Waals surface area contributed by atoms with Crippen molar-refractivity contribution >= 4 is 16.6 Å². The molecule has 4 rings (SSSR count). The number of hydrogen-bond donors (Lipinski definition) is 0. The van der Waals surface area contributed by atoms with E-state index in [1.54, 1.807) is 30.0 Å². The summed E-state index contributed by atoms with van der Waals surface area (Å²) in [7, 11) is 1.57. The quantitative estimate of drug-likeness (QED) is 0.531. The number of hydrogen-bond acceptors (Lipinski definition) is 5. The summed E-state index contributed by atoms with van der Waals surface area (Å²) in [5.74, 6) is 0.866. The van der Waals surface area contributed by atoms with Gasteiger partial charge in [0.1, 0.15) is 5.39 Å². The van der Waals surface area contributed by atoms with E-state index in [2.05, 4.69) is 10.1 Å². The van der Waals surface area contributed by atoms with Gasteiger partial charge in [0.2, 0.25) is 5.88 Å². The third kappa shape index (κ3) is 2.47. The monoisotopic (exact) mass is 324 g/mol. The molecule has 1 aliphatic rings. The Hall–Kier alpha value is -2.96. The smallest absolute Gasteiger partial charge is 0.280 e. The first-order chi connectivity index (χ1) is 11.7. The number of nitrogens with zero attached hydrogens (tertiary/aromatic N) is 4. The third-order valence-corrected chi connectivity index (χ3v) is 4.25. The highest BCUT2D eigenvalue weighted by atomic mass is 16.6. The van der Waals surface area contributed by atoms with E-state index < -0.39 is 0 Å². The zero-order valence-electron chi connectivity index (χ0n) is 13.2. The van der Waals surface area contributed by atoms with E-state index in [-0.39, 0.29) is 10.6 Å². The molecule has 122 valence electrons. The number of pyridine rings is 1. The minimum Gasteiger partial charge on any atom is -0.481 e. The van der Waals surface area contributed by atoms with Crippen LogP contribution in [0.3, 0.4) is 0 Å². The fourth-order valence-corrected chi connectivity index (χ4v) is 2.97. The van der Waals surface area contributed by atoms with Gasteiger partial charge in [-0.25, -0.2) is 4.98 Å². The molecule has 7 nitrogen and oxygen atoms in total. The van der Waals surface area contributed by atoms with Crippen LogP contribution in [0.25, 0.3) is 10.9 Å². The number of nitro benzene ring substituents is 1. The van der Waals surface area contributed by atoms with Crippen LogP contribution < -0.4 is 4.74 Å². The van der Waals surface area contributed by atoms with Crippen LogP contribution in [0, 0.1) is 10.1 Å². The highest BCUT2D eigenvalue weighted by Gasteiger charge is 2.32. The van der Waals surface area contributed by atoms with Crippen molar-refractivity contribution in [2.45, 2.75) is 25.3 Å². The Morgan fingerprint density at radius 3 is 2.79 bits per heavy atom. The van der Waals surface area contributed by atoms with Gasteiger partial charge in [0.05, 0.1) is 35.5 Å². The molecule has 0 atom stereocenters. The molecule has 0 unspecified atom stereocenters. The lowest BCUT2D eigenvalue weighted by molar-refractivity contribution is -0.383. The number of nitro groups is 1. The van der Waals surface area contributed by atoms with Crippen LogP contribution in [0.1, 0.15) is 30.1 Å². The lowest BCUT2D eigenvalue weighted by atomic mass is 10.1. The van der Waals surface area contributed by atoms with Gasteiger partial charge < -0.3 is 4.74 Å². The van der Waals surface area contributed by atoms with Crippen molar-refractivity contribution in [2.75, 3.05) is 7.11 Å². The Bertz CT molecular complexity index is 931. The molecule has 1 aromatic carbocycles. The van der Waals surface area contributed by atoms with Crippen LogP contribution in [-0.4, -0.2) is 26.8 Å². The number of benzene rings is 1. The van der Waals surface area contributed by atoms with Crippen molar-refractivity contribution in [3.8, 4) is 5.88 Å². The lowest BCUT2D eigenvalue weighted by Crippen LogP contribution is -2.04. The van der Waals surface area contributed by atoms with Gasteiger partial charge in [-0.15, -0.1) is 0 Å². The Kier molecular flexibility index (Phi) is 3.41. The van der Waals surface area contributed by atoms with E-state index in [9.17, 15) is 10.1 Å². The van der Waals surface area contributed by atoms with Gasteiger partial charge in [0, 0.05) is 18.1 Å². The van der Waals surface area contributed by atoms with Crippen LogP contribution in [0.15, 0.2) is 36.4 Å². The molecule has 0 bridgehead atoms. The number of fused-ring (bicyclic) bond motifs is 1.